The molecule has 1 aromatic carbocycles. The molecule has 0 atom stereocenters. The summed E-state index contributed by atoms with van der Waals surface area (Å²) in [6, 6.07) is 4.98. The summed E-state index contributed by atoms with van der Waals surface area (Å²) in [5, 5.41) is 4.40. The molecule has 19 heavy (non-hydrogen) atoms. The monoisotopic (exact) mass is 323 g/mol. The SMILES string of the molecule is COC(=O)c1ccc(N)c(-n2nc(C)c(Br)c2C)c1. The van der Waals surface area contributed by atoms with Crippen LogP contribution in [0, 0.1) is 13.8 Å². The fourth-order valence-electron chi connectivity index (χ4n) is 1.83. The molecular weight excluding hydrogens is 310 g/mol. The minimum absolute atomic E-state index is 0.401. The van der Waals surface area contributed by atoms with E-state index in [0.29, 0.717) is 16.9 Å². The van der Waals surface area contributed by atoms with E-state index in [1.807, 2.05) is 13.8 Å². The van der Waals surface area contributed by atoms with Crippen LogP contribution in [0.25, 0.3) is 5.69 Å². The van der Waals surface area contributed by atoms with Crippen molar-refractivity contribution < 1.29 is 9.53 Å². The number of halogens is 1. The zero-order chi connectivity index (χ0) is 14.2. The van der Waals surface area contributed by atoms with Gasteiger partial charge >= 0.3 is 5.97 Å². The van der Waals surface area contributed by atoms with Gasteiger partial charge in [0.2, 0.25) is 0 Å². The van der Waals surface area contributed by atoms with E-state index in [0.717, 1.165) is 15.9 Å². The Morgan fingerprint density at radius 3 is 2.63 bits per heavy atom. The van der Waals surface area contributed by atoms with Crippen molar-refractivity contribution in [1.82, 2.24) is 9.78 Å². The van der Waals surface area contributed by atoms with Crippen molar-refractivity contribution in [3.8, 4) is 5.69 Å². The molecule has 0 saturated heterocycles. The molecular formula is C13H14BrN3O2. The number of carbonyl (C=O) groups is 1. The van der Waals surface area contributed by atoms with Gasteiger partial charge in [0.05, 0.1) is 39.9 Å². The molecule has 0 aliphatic carbocycles. The number of benzene rings is 1. The van der Waals surface area contributed by atoms with Crippen molar-refractivity contribution in [2.24, 2.45) is 0 Å². The number of carbonyl (C=O) groups excluding carboxylic acids is 1. The third-order valence-electron chi connectivity index (χ3n) is 2.88. The Hall–Kier alpha value is -1.82. The van der Waals surface area contributed by atoms with Gasteiger partial charge in [-0.25, -0.2) is 9.48 Å². The molecule has 0 fully saturated rings. The van der Waals surface area contributed by atoms with Gasteiger partial charge in [-0.3, -0.25) is 0 Å². The van der Waals surface area contributed by atoms with E-state index in [9.17, 15) is 4.79 Å². The van der Waals surface area contributed by atoms with Crippen molar-refractivity contribution in [1.29, 1.82) is 0 Å². The number of esters is 1. The average Bonchev–Trinajstić information content (AvgIpc) is 2.66. The van der Waals surface area contributed by atoms with Gasteiger partial charge in [0.25, 0.3) is 0 Å². The predicted molar refractivity (Wildman–Crippen MR) is 76.5 cm³/mol. The second kappa shape index (κ2) is 5.05. The molecule has 2 rings (SSSR count). The number of aryl methyl sites for hydroxylation is 1. The maximum atomic E-state index is 11.6. The molecule has 0 bridgehead atoms. The molecule has 0 spiro atoms. The molecule has 0 saturated carbocycles. The lowest BCUT2D eigenvalue weighted by molar-refractivity contribution is 0.0600. The van der Waals surface area contributed by atoms with Crippen molar-refractivity contribution in [2.45, 2.75) is 13.8 Å². The fraction of sp³-hybridized carbons (Fsp3) is 0.231. The molecule has 1 heterocycles. The highest BCUT2D eigenvalue weighted by Gasteiger charge is 2.15. The van der Waals surface area contributed by atoms with Gasteiger partial charge in [0, 0.05) is 0 Å². The number of nitrogens with two attached hydrogens (primary N) is 1. The summed E-state index contributed by atoms with van der Waals surface area (Å²) in [6.45, 7) is 3.82. The molecule has 1 aromatic heterocycles. The van der Waals surface area contributed by atoms with Gasteiger partial charge in [0.15, 0.2) is 0 Å². The molecule has 6 heteroatoms. The second-order valence-electron chi connectivity index (χ2n) is 4.16. The highest BCUT2D eigenvalue weighted by atomic mass is 79.9. The van der Waals surface area contributed by atoms with E-state index >= 15 is 0 Å². The summed E-state index contributed by atoms with van der Waals surface area (Å²) >= 11 is 3.47. The minimum Gasteiger partial charge on any atom is -0.465 e. The first-order chi connectivity index (χ1) is 8.95. The van der Waals surface area contributed by atoms with Gasteiger partial charge in [-0.1, -0.05) is 0 Å². The average molecular weight is 324 g/mol. The summed E-state index contributed by atoms with van der Waals surface area (Å²) in [6.07, 6.45) is 0. The smallest absolute Gasteiger partial charge is 0.337 e. The topological polar surface area (TPSA) is 70.1 Å². The van der Waals surface area contributed by atoms with Crippen LogP contribution in [0.4, 0.5) is 5.69 Å². The van der Waals surface area contributed by atoms with Crippen molar-refractivity contribution in [2.75, 3.05) is 12.8 Å². The fourth-order valence-corrected chi connectivity index (χ4v) is 2.08. The molecule has 2 aromatic rings. The van der Waals surface area contributed by atoms with Crippen molar-refractivity contribution >= 4 is 27.6 Å². The van der Waals surface area contributed by atoms with E-state index in [1.54, 1.807) is 22.9 Å². The van der Waals surface area contributed by atoms with Gasteiger partial charge in [-0.05, 0) is 48.0 Å². The maximum absolute atomic E-state index is 11.6. The number of hydrogen-bond donors (Lipinski definition) is 1. The predicted octanol–water partition coefficient (Wildman–Crippen LogP) is 2.62. The van der Waals surface area contributed by atoms with Crippen LogP contribution in [0.3, 0.4) is 0 Å². The lowest BCUT2D eigenvalue weighted by Gasteiger charge is -2.09. The number of methoxy groups -OCH3 is 1. The van der Waals surface area contributed by atoms with Crippen LogP contribution in [-0.2, 0) is 4.74 Å². The summed E-state index contributed by atoms with van der Waals surface area (Å²) in [7, 11) is 1.35. The summed E-state index contributed by atoms with van der Waals surface area (Å²) in [5.41, 5.74) is 9.40. The van der Waals surface area contributed by atoms with Crippen molar-refractivity contribution in [3.63, 3.8) is 0 Å². The van der Waals surface area contributed by atoms with E-state index in [2.05, 4.69) is 21.0 Å². The Morgan fingerprint density at radius 2 is 2.11 bits per heavy atom. The minimum atomic E-state index is -0.401. The first-order valence-electron chi connectivity index (χ1n) is 5.65. The van der Waals surface area contributed by atoms with Crippen LogP contribution in [-0.4, -0.2) is 22.9 Å². The van der Waals surface area contributed by atoms with Crippen LogP contribution in [0.2, 0.25) is 0 Å². The van der Waals surface area contributed by atoms with E-state index in [-0.39, 0.29) is 0 Å². The first-order valence-corrected chi connectivity index (χ1v) is 6.45. The molecule has 0 unspecified atom stereocenters. The van der Waals surface area contributed by atoms with Gasteiger partial charge < -0.3 is 10.5 Å². The first kappa shape index (κ1) is 13.6. The maximum Gasteiger partial charge on any atom is 0.337 e. The third kappa shape index (κ3) is 2.35. The normalized spacial score (nSPS) is 10.5. The molecule has 0 radical (unpaired) electrons. The third-order valence-corrected chi connectivity index (χ3v) is 4.03. The van der Waals surface area contributed by atoms with E-state index < -0.39 is 5.97 Å². The molecule has 0 aliphatic heterocycles. The second-order valence-corrected chi connectivity index (χ2v) is 4.95. The van der Waals surface area contributed by atoms with E-state index in [4.69, 9.17) is 10.5 Å². The lowest BCUT2D eigenvalue weighted by Crippen LogP contribution is -2.07. The van der Waals surface area contributed by atoms with Gasteiger partial charge in [0.1, 0.15) is 0 Å². The summed E-state index contributed by atoms with van der Waals surface area (Å²) in [4.78, 5) is 11.6. The molecule has 100 valence electrons. The Kier molecular flexibility index (Phi) is 3.61. The van der Waals surface area contributed by atoms with E-state index in [1.165, 1.54) is 7.11 Å². The Labute approximate surface area is 119 Å². The van der Waals surface area contributed by atoms with Crippen LogP contribution < -0.4 is 5.73 Å². The Balaban J connectivity index is 2.61. The number of ether oxygens (including phenoxy) is 1. The van der Waals surface area contributed by atoms with Crippen LogP contribution >= 0.6 is 15.9 Å². The number of rotatable bonds is 2. The quantitative estimate of drug-likeness (QED) is 0.681. The molecule has 0 aliphatic rings. The van der Waals surface area contributed by atoms with Crippen LogP contribution in [0.1, 0.15) is 21.7 Å². The summed E-state index contributed by atoms with van der Waals surface area (Å²) in [5.74, 6) is -0.401. The standard InChI is InChI=1S/C13H14BrN3O2/c1-7-12(14)8(2)17(16-7)11-6-9(13(18)19-3)4-5-10(11)15/h4-6H,15H2,1-3H3. The molecule has 2 N–H and O–H groups in total. The summed E-state index contributed by atoms with van der Waals surface area (Å²) < 4.78 is 7.34. The van der Waals surface area contributed by atoms with Crippen molar-refractivity contribution in [3.05, 3.63) is 39.6 Å². The Morgan fingerprint density at radius 1 is 1.42 bits per heavy atom. The number of nitrogens with zero attached hydrogens (tertiary/aromatic N) is 2. The van der Waals surface area contributed by atoms with Gasteiger partial charge in [-0.15, -0.1) is 0 Å². The number of nitrogen functional groups attached to an aromatic ring is 1. The van der Waals surface area contributed by atoms with Crippen LogP contribution in [0.15, 0.2) is 22.7 Å². The lowest BCUT2D eigenvalue weighted by atomic mass is 10.1. The molecule has 5 nitrogen and oxygen atoms in total. The van der Waals surface area contributed by atoms with Gasteiger partial charge in [-0.2, -0.15) is 5.10 Å². The molecule has 0 amide bonds. The number of hydrogen-bond acceptors (Lipinski definition) is 4. The zero-order valence-corrected chi connectivity index (χ0v) is 12.5. The number of aromatic nitrogens is 2. The highest BCUT2D eigenvalue weighted by Crippen LogP contribution is 2.26. The number of anilines is 1. The largest absolute Gasteiger partial charge is 0.465 e. The zero-order valence-electron chi connectivity index (χ0n) is 10.9. The highest BCUT2D eigenvalue weighted by molar-refractivity contribution is 9.10. The Bertz CT molecular complexity index is 650. The van der Waals surface area contributed by atoms with Crippen LogP contribution in [0.5, 0.6) is 0 Å².